The number of aromatic nitrogens is 2. The molecular weight excluding hydrogens is 246 g/mol. The van der Waals surface area contributed by atoms with E-state index in [0.29, 0.717) is 32.1 Å². The van der Waals surface area contributed by atoms with Crippen LogP contribution in [0.2, 0.25) is 0 Å². The van der Waals surface area contributed by atoms with Crippen LogP contribution in [0.4, 0.5) is 5.82 Å². The number of aryl methyl sites for hydroxylation is 1. The van der Waals surface area contributed by atoms with Gasteiger partial charge < -0.3 is 21.1 Å². The topological polar surface area (TPSA) is 99.4 Å². The molecule has 4 N–H and O–H groups in total. The van der Waals surface area contributed by atoms with E-state index in [-0.39, 0.29) is 18.6 Å². The average Bonchev–Trinajstić information content (AvgIpc) is 2.68. The molecule has 19 heavy (non-hydrogen) atoms. The van der Waals surface area contributed by atoms with Crippen LogP contribution in [0.5, 0.6) is 0 Å². The number of nitrogens with zero attached hydrogens (tertiary/aromatic N) is 3. The molecule has 1 aliphatic heterocycles. The van der Waals surface area contributed by atoms with Crippen LogP contribution in [0.15, 0.2) is 6.07 Å². The zero-order valence-corrected chi connectivity index (χ0v) is 11.2. The summed E-state index contributed by atoms with van der Waals surface area (Å²) in [7, 11) is 0. The van der Waals surface area contributed by atoms with E-state index in [4.69, 9.17) is 16.2 Å². The number of hydrogen-bond donors (Lipinski definition) is 2. The third kappa shape index (κ3) is 3.45. The lowest BCUT2D eigenvalue weighted by Crippen LogP contribution is -2.47. The number of ether oxygens (including phenoxy) is 1. The van der Waals surface area contributed by atoms with Crippen molar-refractivity contribution < 1.29 is 9.53 Å². The fraction of sp³-hybridized carbons (Fsp3) is 0.667. The molecule has 106 valence electrons. The molecule has 0 aromatic carbocycles. The second-order valence-corrected chi connectivity index (χ2v) is 4.78. The average molecular weight is 267 g/mol. The summed E-state index contributed by atoms with van der Waals surface area (Å²) in [5, 5.41) is 4.19. The van der Waals surface area contributed by atoms with Crippen LogP contribution < -0.4 is 11.5 Å². The van der Waals surface area contributed by atoms with Crippen molar-refractivity contribution in [1.82, 2.24) is 14.7 Å². The van der Waals surface area contributed by atoms with E-state index in [1.807, 2.05) is 6.92 Å². The van der Waals surface area contributed by atoms with Gasteiger partial charge in [0.05, 0.1) is 18.4 Å². The standard InChI is InChI=1S/C12H21N5O2/c1-9-6-11(14)17(15-9)8-12(18)16-4-5-19-10(7-16)2-3-13/h6,10H,2-5,7-8,13-14H2,1H3. The van der Waals surface area contributed by atoms with Crippen molar-refractivity contribution in [2.24, 2.45) is 5.73 Å². The van der Waals surface area contributed by atoms with Gasteiger partial charge in [-0.3, -0.25) is 4.79 Å². The Hall–Kier alpha value is -1.60. The lowest BCUT2D eigenvalue weighted by atomic mass is 10.2. The van der Waals surface area contributed by atoms with Gasteiger partial charge in [-0.25, -0.2) is 4.68 Å². The van der Waals surface area contributed by atoms with E-state index in [1.54, 1.807) is 11.0 Å². The summed E-state index contributed by atoms with van der Waals surface area (Å²) in [5.74, 6) is 0.526. The Kier molecular flexibility index (Phi) is 4.39. The maximum atomic E-state index is 12.2. The highest BCUT2D eigenvalue weighted by Crippen LogP contribution is 2.10. The van der Waals surface area contributed by atoms with Crippen LogP contribution in [0, 0.1) is 6.92 Å². The Labute approximate surface area is 112 Å². The fourth-order valence-corrected chi connectivity index (χ4v) is 2.23. The van der Waals surface area contributed by atoms with E-state index in [1.165, 1.54) is 4.68 Å². The molecule has 1 saturated heterocycles. The minimum atomic E-state index is 0.0140. The molecular formula is C12H21N5O2. The van der Waals surface area contributed by atoms with Crippen LogP contribution in [-0.2, 0) is 16.1 Å². The number of rotatable bonds is 4. The highest BCUT2D eigenvalue weighted by atomic mass is 16.5. The summed E-state index contributed by atoms with van der Waals surface area (Å²) >= 11 is 0. The van der Waals surface area contributed by atoms with Gasteiger partial charge in [-0.2, -0.15) is 5.10 Å². The van der Waals surface area contributed by atoms with E-state index in [2.05, 4.69) is 5.10 Å². The third-order valence-corrected chi connectivity index (χ3v) is 3.20. The predicted molar refractivity (Wildman–Crippen MR) is 71.4 cm³/mol. The molecule has 7 heteroatoms. The SMILES string of the molecule is Cc1cc(N)n(CC(=O)N2CCOC(CCN)C2)n1. The summed E-state index contributed by atoms with van der Waals surface area (Å²) < 4.78 is 7.09. The smallest absolute Gasteiger partial charge is 0.244 e. The first-order chi connectivity index (χ1) is 9.10. The number of carbonyl (C=O) groups excluding carboxylic acids is 1. The summed E-state index contributed by atoms with van der Waals surface area (Å²) in [4.78, 5) is 14.0. The molecule has 1 atom stereocenters. The minimum absolute atomic E-state index is 0.0140. The predicted octanol–water partition coefficient (Wildman–Crippen LogP) is -0.650. The fourth-order valence-electron chi connectivity index (χ4n) is 2.23. The Bertz CT molecular complexity index is 443. The van der Waals surface area contributed by atoms with Crippen LogP contribution in [0.3, 0.4) is 0 Å². The van der Waals surface area contributed by atoms with Gasteiger partial charge in [0.15, 0.2) is 0 Å². The summed E-state index contributed by atoms with van der Waals surface area (Å²) in [5.41, 5.74) is 12.1. The molecule has 1 amide bonds. The van der Waals surface area contributed by atoms with Gasteiger partial charge >= 0.3 is 0 Å². The zero-order valence-electron chi connectivity index (χ0n) is 11.2. The van der Waals surface area contributed by atoms with Crippen LogP contribution in [0.1, 0.15) is 12.1 Å². The first kappa shape index (κ1) is 13.8. The summed E-state index contributed by atoms with van der Waals surface area (Å²) in [6.45, 7) is 4.36. The molecule has 0 saturated carbocycles. The van der Waals surface area contributed by atoms with Crippen molar-refractivity contribution >= 4 is 11.7 Å². The zero-order chi connectivity index (χ0) is 13.8. The number of anilines is 1. The van der Waals surface area contributed by atoms with Gasteiger partial charge in [0.2, 0.25) is 5.91 Å². The van der Waals surface area contributed by atoms with Gasteiger partial charge in [0.25, 0.3) is 0 Å². The minimum Gasteiger partial charge on any atom is -0.384 e. The first-order valence-corrected chi connectivity index (χ1v) is 6.49. The van der Waals surface area contributed by atoms with Gasteiger partial charge in [-0.15, -0.1) is 0 Å². The first-order valence-electron chi connectivity index (χ1n) is 6.49. The van der Waals surface area contributed by atoms with Gasteiger partial charge in [0.1, 0.15) is 12.4 Å². The van der Waals surface area contributed by atoms with Gasteiger partial charge in [0, 0.05) is 19.2 Å². The maximum Gasteiger partial charge on any atom is 0.244 e. The highest BCUT2D eigenvalue weighted by Gasteiger charge is 2.24. The Morgan fingerprint density at radius 1 is 1.63 bits per heavy atom. The molecule has 1 unspecified atom stereocenters. The summed E-state index contributed by atoms with van der Waals surface area (Å²) in [6, 6.07) is 1.75. The monoisotopic (exact) mass is 267 g/mol. The number of amides is 1. The number of hydrogen-bond acceptors (Lipinski definition) is 5. The van der Waals surface area contributed by atoms with E-state index >= 15 is 0 Å². The maximum absolute atomic E-state index is 12.2. The van der Waals surface area contributed by atoms with E-state index < -0.39 is 0 Å². The number of carbonyl (C=O) groups is 1. The molecule has 0 aliphatic carbocycles. The highest BCUT2D eigenvalue weighted by molar-refractivity contribution is 5.76. The lowest BCUT2D eigenvalue weighted by molar-refractivity contribution is -0.139. The van der Waals surface area contributed by atoms with Crippen molar-refractivity contribution in [3.63, 3.8) is 0 Å². The number of morpholine rings is 1. The summed E-state index contributed by atoms with van der Waals surface area (Å²) in [6.07, 6.45) is 0.812. The normalized spacial score (nSPS) is 19.7. The molecule has 1 fully saturated rings. The van der Waals surface area contributed by atoms with Crippen molar-refractivity contribution in [2.45, 2.75) is 26.0 Å². The molecule has 7 nitrogen and oxygen atoms in total. The molecule has 0 spiro atoms. The molecule has 0 radical (unpaired) electrons. The Balaban J connectivity index is 1.94. The van der Waals surface area contributed by atoms with Crippen LogP contribution >= 0.6 is 0 Å². The number of nitrogen functional groups attached to an aromatic ring is 1. The van der Waals surface area contributed by atoms with Gasteiger partial charge in [-0.1, -0.05) is 0 Å². The van der Waals surface area contributed by atoms with Crippen molar-refractivity contribution in [2.75, 3.05) is 32.0 Å². The molecule has 1 aromatic heterocycles. The van der Waals surface area contributed by atoms with Crippen molar-refractivity contribution in [1.29, 1.82) is 0 Å². The van der Waals surface area contributed by atoms with Crippen molar-refractivity contribution in [3.8, 4) is 0 Å². The van der Waals surface area contributed by atoms with E-state index in [0.717, 1.165) is 12.1 Å². The third-order valence-electron chi connectivity index (χ3n) is 3.20. The molecule has 2 heterocycles. The van der Waals surface area contributed by atoms with Gasteiger partial charge in [-0.05, 0) is 19.9 Å². The largest absolute Gasteiger partial charge is 0.384 e. The molecule has 1 aliphatic rings. The van der Waals surface area contributed by atoms with Crippen LogP contribution in [0.25, 0.3) is 0 Å². The molecule has 1 aromatic rings. The second-order valence-electron chi connectivity index (χ2n) is 4.78. The Morgan fingerprint density at radius 2 is 2.42 bits per heavy atom. The van der Waals surface area contributed by atoms with E-state index in [9.17, 15) is 4.79 Å². The molecule has 2 rings (SSSR count). The Morgan fingerprint density at radius 3 is 3.05 bits per heavy atom. The molecule has 0 bridgehead atoms. The lowest BCUT2D eigenvalue weighted by Gasteiger charge is -2.32. The number of nitrogens with two attached hydrogens (primary N) is 2. The second kappa shape index (κ2) is 6.03. The quantitative estimate of drug-likeness (QED) is 0.755. The van der Waals surface area contributed by atoms with Crippen molar-refractivity contribution in [3.05, 3.63) is 11.8 Å². The van der Waals surface area contributed by atoms with Crippen LogP contribution in [-0.4, -0.2) is 52.9 Å².